The fourth-order valence-electron chi connectivity index (χ4n) is 3.55. The molecule has 1 aliphatic heterocycles. The van der Waals surface area contributed by atoms with Crippen LogP contribution in [0.3, 0.4) is 0 Å². The number of carbonyl (C=O) groups is 1. The van der Waals surface area contributed by atoms with Crippen LogP contribution in [0.2, 0.25) is 0 Å². The van der Waals surface area contributed by atoms with Crippen LogP contribution >= 0.6 is 0 Å². The largest absolute Gasteiger partial charge is 0.490 e. The molecular weight excluding hydrogens is 364 g/mol. The Bertz CT molecular complexity index is 759. The first kappa shape index (κ1) is 21.3. The van der Waals surface area contributed by atoms with Gasteiger partial charge in [0.15, 0.2) is 5.82 Å². The number of esters is 1. The highest BCUT2D eigenvalue weighted by Crippen LogP contribution is 2.23. The number of aromatic nitrogens is 2. The summed E-state index contributed by atoms with van der Waals surface area (Å²) in [4.78, 5) is 20.5. The predicted octanol–water partition coefficient (Wildman–Crippen LogP) is 5.38. The van der Waals surface area contributed by atoms with Crippen LogP contribution in [-0.4, -0.2) is 28.6 Å². The van der Waals surface area contributed by atoms with Gasteiger partial charge in [0.2, 0.25) is 0 Å². The molecule has 2 unspecified atom stereocenters. The van der Waals surface area contributed by atoms with Gasteiger partial charge < -0.3 is 9.47 Å². The molecule has 1 saturated heterocycles. The van der Waals surface area contributed by atoms with E-state index in [0.29, 0.717) is 6.61 Å². The fraction of sp³-hybridized carbons (Fsp3) is 0.542. The van der Waals surface area contributed by atoms with E-state index in [0.717, 1.165) is 30.0 Å². The summed E-state index contributed by atoms with van der Waals surface area (Å²) in [6.07, 6.45) is 13.3. The van der Waals surface area contributed by atoms with Gasteiger partial charge in [-0.3, -0.25) is 4.79 Å². The molecule has 0 radical (unpaired) electrons. The van der Waals surface area contributed by atoms with Crippen molar-refractivity contribution in [1.82, 2.24) is 9.97 Å². The molecule has 1 aromatic heterocycles. The Balaban J connectivity index is 1.44. The maximum absolute atomic E-state index is 11.4. The standard InChI is InChI=1S/C24H32N2O3/c1-3-4-5-6-7-8-9-19-15-25-23(26-16-19)20-10-12-21(13-11-20)28-17-22-14-18(2)24(27)29-22/h10-13,15-16,18,22H,3-9,14,17H2,1-2H3. The van der Waals surface area contributed by atoms with Crippen LogP contribution in [0.5, 0.6) is 5.75 Å². The highest BCUT2D eigenvalue weighted by atomic mass is 16.6. The van der Waals surface area contributed by atoms with Gasteiger partial charge in [0.05, 0.1) is 5.92 Å². The molecule has 0 N–H and O–H groups in total. The summed E-state index contributed by atoms with van der Waals surface area (Å²) < 4.78 is 11.0. The van der Waals surface area contributed by atoms with Crippen molar-refractivity contribution in [3.05, 3.63) is 42.2 Å². The maximum atomic E-state index is 11.4. The van der Waals surface area contributed by atoms with Crippen LogP contribution in [0.4, 0.5) is 0 Å². The Morgan fingerprint density at radius 2 is 1.72 bits per heavy atom. The van der Waals surface area contributed by atoms with Gasteiger partial charge in [0, 0.05) is 24.4 Å². The Labute approximate surface area is 173 Å². The van der Waals surface area contributed by atoms with Crippen LogP contribution < -0.4 is 4.74 Å². The van der Waals surface area contributed by atoms with Crippen molar-refractivity contribution in [2.45, 2.75) is 71.3 Å². The molecule has 1 fully saturated rings. The van der Waals surface area contributed by atoms with Crippen molar-refractivity contribution in [2.24, 2.45) is 5.92 Å². The van der Waals surface area contributed by atoms with E-state index in [9.17, 15) is 4.79 Å². The van der Waals surface area contributed by atoms with E-state index in [1.165, 1.54) is 44.1 Å². The summed E-state index contributed by atoms with van der Waals surface area (Å²) in [5.74, 6) is 1.31. The Morgan fingerprint density at radius 1 is 1.03 bits per heavy atom. The van der Waals surface area contributed by atoms with Crippen LogP contribution in [0.25, 0.3) is 11.4 Å². The molecule has 5 heteroatoms. The number of ether oxygens (including phenoxy) is 2. The minimum Gasteiger partial charge on any atom is -0.490 e. The van der Waals surface area contributed by atoms with Crippen molar-refractivity contribution < 1.29 is 14.3 Å². The molecule has 3 rings (SSSR count). The Morgan fingerprint density at radius 3 is 2.38 bits per heavy atom. The van der Waals surface area contributed by atoms with E-state index in [4.69, 9.17) is 9.47 Å². The second-order valence-corrected chi connectivity index (χ2v) is 7.96. The summed E-state index contributed by atoms with van der Waals surface area (Å²) in [7, 11) is 0. The number of hydrogen-bond donors (Lipinski definition) is 0. The lowest BCUT2D eigenvalue weighted by Crippen LogP contribution is -2.17. The monoisotopic (exact) mass is 396 g/mol. The molecule has 0 spiro atoms. The highest BCUT2D eigenvalue weighted by molar-refractivity contribution is 5.74. The van der Waals surface area contributed by atoms with Gasteiger partial charge >= 0.3 is 5.97 Å². The van der Waals surface area contributed by atoms with Crippen LogP contribution in [0.15, 0.2) is 36.7 Å². The molecule has 1 aromatic carbocycles. The van der Waals surface area contributed by atoms with Gasteiger partial charge in [-0.2, -0.15) is 0 Å². The molecule has 0 aliphatic carbocycles. The Hall–Kier alpha value is -2.43. The van der Waals surface area contributed by atoms with E-state index >= 15 is 0 Å². The van der Waals surface area contributed by atoms with Gasteiger partial charge in [-0.1, -0.05) is 46.0 Å². The third kappa shape index (κ3) is 6.55. The van der Waals surface area contributed by atoms with Crippen molar-refractivity contribution in [1.29, 1.82) is 0 Å². The van der Waals surface area contributed by atoms with Crippen LogP contribution in [0, 0.1) is 5.92 Å². The lowest BCUT2D eigenvalue weighted by Gasteiger charge is -2.11. The molecule has 5 nitrogen and oxygen atoms in total. The maximum Gasteiger partial charge on any atom is 0.309 e. The first-order chi connectivity index (χ1) is 14.2. The Kier molecular flexibility index (Phi) is 8.03. The van der Waals surface area contributed by atoms with Crippen molar-refractivity contribution in [3.63, 3.8) is 0 Å². The van der Waals surface area contributed by atoms with E-state index < -0.39 is 0 Å². The van der Waals surface area contributed by atoms with E-state index in [1.807, 2.05) is 43.6 Å². The molecule has 2 aromatic rings. The zero-order valence-electron chi connectivity index (χ0n) is 17.6. The molecule has 29 heavy (non-hydrogen) atoms. The predicted molar refractivity (Wildman–Crippen MR) is 114 cm³/mol. The molecule has 156 valence electrons. The number of nitrogens with zero attached hydrogens (tertiary/aromatic N) is 2. The molecule has 0 saturated carbocycles. The topological polar surface area (TPSA) is 61.3 Å². The lowest BCUT2D eigenvalue weighted by molar-refractivity contribution is -0.144. The SMILES string of the molecule is CCCCCCCCc1cnc(-c2ccc(OCC3CC(C)C(=O)O3)cc2)nc1. The van der Waals surface area contributed by atoms with Gasteiger partial charge in [0.1, 0.15) is 18.5 Å². The van der Waals surface area contributed by atoms with Crippen LogP contribution in [0.1, 0.15) is 64.4 Å². The van der Waals surface area contributed by atoms with Crippen molar-refractivity contribution in [3.8, 4) is 17.1 Å². The average Bonchev–Trinajstić information content (AvgIpc) is 3.07. The molecule has 0 bridgehead atoms. The van der Waals surface area contributed by atoms with Gasteiger partial charge in [-0.15, -0.1) is 0 Å². The number of carbonyl (C=O) groups excluding carboxylic acids is 1. The average molecular weight is 397 g/mol. The minimum absolute atomic E-state index is 0.0350. The second-order valence-electron chi connectivity index (χ2n) is 7.96. The van der Waals surface area contributed by atoms with E-state index in [1.54, 1.807) is 0 Å². The van der Waals surface area contributed by atoms with Gasteiger partial charge in [-0.25, -0.2) is 9.97 Å². The third-order valence-electron chi connectivity index (χ3n) is 5.37. The number of hydrogen-bond acceptors (Lipinski definition) is 5. The molecule has 2 atom stereocenters. The zero-order valence-corrected chi connectivity index (χ0v) is 17.6. The normalized spacial score (nSPS) is 18.6. The minimum atomic E-state index is -0.153. The molecular formula is C24H32N2O3. The summed E-state index contributed by atoms with van der Waals surface area (Å²) in [6, 6.07) is 7.73. The number of rotatable bonds is 11. The molecule has 2 heterocycles. The van der Waals surface area contributed by atoms with Crippen LogP contribution in [-0.2, 0) is 16.0 Å². The van der Waals surface area contributed by atoms with Crippen molar-refractivity contribution in [2.75, 3.05) is 6.61 Å². The molecule has 1 aliphatic rings. The first-order valence-corrected chi connectivity index (χ1v) is 10.9. The van der Waals surface area contributed by atoms with Gasteiger partial charge in [0.25, 0.3) is 0 Å². The number of aryl methyl sites for hydroxylation is 1. The number of benzene rings is 1. The lowest BCUT2D eigenvalue weighted by atomic mass is 10.1. The first-order valence-electron chi connectivity index (χ1n) is 10.9. The summed E-state index contributed by atoms with van der Waals surface area (Å²) in [5.41, 5.74) is 2.16. The zero-order chi connectivity index (χ0) is 20.5. The summed E-state index contributed by atoms with van der Waals surface area (Å²) in [5, 5.41) is 0. The van der Waals surface area contributed by atoms with E-state index in [2.05, 4.69) is 16.9 Å². The fourth-order valence-corrected chi connectivity index (χ4v) is 3.55. The van der Waals surface area contributed by atoms with Crippen molar-refractivity contribution >= 4 is 5.97 Å². The number of cyclic esters (lactones) is 1. The second kappa shape index (κ2) is 10.9. The summed E-state index contributed by atoms with van der Waals surface area (Å²) >= 11 is 0. The van der Waals surface area contributed by atoms with E-state index in [-0.39, 0.29) is 18.0 Å². The quantitative estimate of drug-likeness (QED) is 0.377. The third-order valence-corrected chi connectivity index (χ3v) is 5.37. The highest BCUT2D eigenvalue weighted by Gasteiger charge is 2.31. The smallest absolute Gasteiger partial charge is 0.309 e. The summed E-state index contributed by atoms with van der Waals surface area (Å²) in [6.45, 7) is 4.52. The molecule has 0 amide bonds. The number of unbranched alkanes of at least 4 members (excludes halogenated alkanes) is 5. The van der Waals surface area contributed by atoms with Gasteiger partial charge in [-0.05, 0) is 42.7 Å².